The van der Waals surface area contributed by atoms with Crippen molar-refractivity contribution < 1.29 is 35.1 Å². The van der Waals surface area contributed by atoms with Crippen LogP contribution in [0, 0.1) is 46.5 Å². The number of fused-ring (bicyclic) bond motifs is 14. The first-order valence-electron chi connectivity index (χ1n) is 15.2. The molecule has 0 saturated heterocycles. The van der Waals surface area contributed by atoms with Gasteiger partial charge in [-0.3, -0.25) is 0 Å². The van der Waals surface area contributed by atoms with Crippen LogP contribution in [0.2, 0.25) is 0 Å². The van der Waals surface area contributed by atoms with Gasteiger partial charge in [-0.15, -0.1) is 0 Å². The van der Waals surface area contributed by atoms with E-state index in [0.29, 0.717) is 0 Å². The van der Waals surface area contributed by atoms with Gasteiger partial charge < -0.3 is 0 Å². The van der Waals surface area contributed by atoms with Crippen molar-refractivity contribution in [3.63, 3.8) is 0 Å². The summed E-state index contributed by atoms with van der Waals surface area (Å²) in [6.07, 6.45) is 0. The molecule has 2 aromatic heterocycles. The Balaban J connectivity index is 0.00000171. The summed E-state index contributed by atoms with van der Waals surface area (Å²) in [5, 5.41) is -0.262. The maximum atomic E-state index is 14.9. The average molecular weight is 702 g/mol. The van der Waals surface area contributed by atoms with Crippen LogP contribution < -0.4 is 16.5 Å². The summed E-state index contributed by atoms with van der Waals surface area (Å²) in [7, 11) is 0. The largest absolute Gasteiger partial charge is 0.224 e. The zero-order valence-electron chi connectivity index (χ0n) is 25.7. The van der Waals surface area contributed by atoms with E-state index >= 15 is 0 Å². The molecule has 4 aliphatic rings. The minimum absolute atomic E-state index is 0.0270. The van der Waals surface area contributed by atoms with Gasteiger partial charge in [-0.1, -0.05) is 13.8 Å². The fourth-order valence-electron chi connectivity index (χ4n) is 6.26. The maximum Gasteiger partial charge on any atom is 0.165 e. The highest BCUT2D eigenvalue weighted by Crippen LogP contribution is 2.41. The molecule has 0 radical (unpaired) electrons. The lowest BCUT2D eigenvalue weighted by Gasteiger charge is -2.14. The Kier molecular flexibility index (Phi) is 6.28. The molecule has 252 valence electrons. The minimum Gasteiger partial charge on any atom is -0.224 e. The van der Waals surface area contributed by atoms with E-state index in [9.17, 15) is 35.1 Å². The number of benzene rings is 4. The van der Waals surface area contributed by atoms with Crippen molar-refractivity contribution in [1.82, 2.24) is 9.35 Å². The Bertz CT molecular complexity index is 2710. The third-order valence-electron chi connectivity index (χ3n) is 8.49. The summed E-state index contributed by atoms with van der Waals surface area (Å²) in [5.74, 6) is -11.4. The monoisotopic (exact) mass is 701 g/mol. The van der Waals surface area contributed by atoms with Crippen molar-refractivity contribution in [2.75, 3.05) is 5.53 Å². The molecule has 0 aliphatic carbocycles. The van der Waals surface area contributed by atoms with Crippen molar-refractivity contribution in [3.8, 4) is 0 Å². The van der Waals surface area contributed by atoms with Crippen LogP contribution in [-0.2, 0) is 0 Å². The Labute approximate surface area is 278 Å². The van der Waals surface area contributed by atoms with Gasteiger partial charge in [-0.05, 0) is 48.5 Å². The topological polar surface area (TPSA) is 96.0 Å². The second-order valence-electron chi connectivity index (χ2n) is 11.3. The van der Waals surface area contributed by atoms with E-state index in [1.165, 1.54) is 0 Å². The van der Waals surface area contributed by atoms with Crippen LogP contribution >= 0.6 is 0 Å². The number of rotatable bonds is 0. The molecule has 0 spiro atoms. The third-order valence-corrected chi connectivity index (χ3v) is 8.49. The molecule has 0 unspecified atom stereocenters. The molecule has 6 aromatic rings. The third kappa shape index (κ3) is 4.20. The zero-order valence-corrected chi connectivity index (χ0v) is 25.7. The van der Waals surface area contributed by atoms with Crippen molar-refractivity contribution >= 4 is 56.5 Å². The van der Waals surface area contributed by atoms with Crippen molar-refractivity contribution in [1.29, 1.82) is 0 Å². The van der Waals surface area contributed by atoms with E-state index in [2.05, 4.69) is 35.5 Å². The molecule has 0 atom stereocenters. The summed E-state index contributed by atoms with van der Waals surface area (Å²) in [6, 6.07) is 6.61. The highest BCUT2D eigenvalue weighted by molar-refractivity contribution is 6.25. The number of amidine groups is 4. The maximum absolute atomic E-state index is 14.9. The fraction of sp³-hybridized carbons (Fsp3) is 0.0588. The lowest BCUT2D eigenvalue weighted by Crippen LogP contribution is -2.39. The second-order valence-corrected chi connectivity index (χ2v) is 11.3. The van der Waals surface area contributed by atoms with Crippen LogP contribution in [0.15, 0.2) is 78.5 Å². The molecule has 51 heavy (non-hydrogen) atoms. The highest BCUT2D eigenvalue weighted by atomic mass is 19.2. The number of aliphatic imine (C=N–C) groups is 4. The number of nitrogens with one attached hydrogen (secondary N) is 1. The van der Waals surface area contributed by atoms with Gasteiger partial charge in [-0.2, -0.15) is 0 Å². The second kappa shape index (κ2) is 10.5. The highest BCUT2D eigenvalue weighted by Gasteiger charge is 2.32. The Morgan fingerprint density at radius 2 is 0.667 bits per heavy atom. The van der Waals surface area contributed by atoms with Gasteiger partial charge in [0.15, 0.2) is 92.5 Å². The van der Waals surface area contributed by atoms with Crippen LogP contribution in [0.1, 0.15) is 36.1 Å². The standard InChI is InChI=1S/C32H9F8N9.C2H6/c33-17-1-9-10(2-18(17)34)26-41-25(9)43-29-13-5-21(37)22(38)6-14(13)31-45-27-11-3-19(35)20(36)4-12(11)28(42-27)46-32-16-8-24(40)23(39)7-15(16)30(44-26)49(32)47-48(29)31;1-2/h1-8,47H;1-2H3. The van der Waals surface area contributed by atoms with Crippen molar-refractivity contribution in [2.24, 2.45) is 30.0 Å². The molecule has 4 aliphatic heterocycles. The van der Waals surface area contributed by atoms with E-state index < -0.39 is 46.5 Å². The van der Waals surface area contributed by atoms with Crippen LogP contribution in [0.25, 0.3) is 21.5 Å². The Morgan fingerprint density at radius 3 is 1.02 bits per heavy atom. The zero-order chi connectivity index (χ0) is 35.6. The van der Waals surface area contributed by atoms with Crippen LogP contribution in [0.3, 0.4) is 0 Å². The number of halogens is 8. The molecular weight excluding hydrogens is 686 g/mol. The van der Waals surface area contributed by atoms with Crippen LogP contribution in [-0.4, -0.2) is 32.7 Å². The predicted octanol–water partition coefficient (Wildman–Crippen LogP) is 6.69. The first kappa shape index (κ1) is 30.5. The minimum atomic E-state index is -1.28. The normalized spacial score (nSPS) is 14.6. The van der Waals surface area contributed by atoms with Gasteiger partial charge in [0.25, 0.3) is 0 Å². The molecule has 17 heteroatoms. The van der Waals surface area contributed by atoms with Gasteiger partial charge in [-0.25, -0.2) is 80.0 Å². The van der Waals surface area contributed by atoms with E-state index in [1.54, 1.807) is 0 Å². The fourth-order valence-corrected chi connectivity index (χ4v) is 6.26. The molecule has 0 amide bonds. The molecule has 4 aromatic carbocycles. The number of hydrogen-bond acceptors (Lipinski definition) is 7. The summed E-state index contributed by atoms with van der Waals surface area (Å²) in [6.45, 7) is 4.00. The number of nitrogens with zero attached hydrogens (tertiary/aromatic N) is 8. The molecule has 0 fully saturated rings. The van der Waals surface area contributed by atoms with Gasteiger partial charge in [0, 0.05) is 43.8 Å². The number of hydrogen-bond donors (Lipinski definition) is 1. The van der Waals surface area contributed by atoms with Gasteiger partial charge >= 0.3 is 0 Å². The smallest absolute Gasteiger partial charge is 0.165 e. The molecular formula is C34H15F8N9. The molecule has 6 bridgehead atoms. The first-order chi connectivity index (χ1) is 24.5. The van der Waals surface area contributed by atoms with Crippen molar-refractivity contribution in [2.45, 2.75) is 13.8 Å². The molecule has 10 rings (SSSR count). The summed E-state index contributed by atoms with van der Waals surface area (Å²) in [5.41, 5.74) is 2.43. The van der Waals surface area contributed by atoms with Crippen LogP contribution in [0.5, 0.6) is 0 Å². The predicted molar refractivity (Wildman–Crippen MR) is 170 cm³/mol. The molecule has 0 saturated carbocycles. The summed E-state index contributed by atoms with van der Waals surface area (Å²) < 4.78 is 120. The Morgan fingerprint density at radius 1 is 0.373 bits per heavy atom. The Hall–Kier alpha value is -6.52. The van der Waals surface area contributed by atoms with Crippen LogP contribution in [0.4, 0.5) is 46.8 Å². The SMILES string of the molecule is CC.Fc1cc2c(cc1F)C1=Nc3c4cc(F)c(F)cc4c4n3Nn3c(c5cc(F)c(F)cc5c3=NC3=NC(=N4)c4cc(F)c(F)cc43)=NC2=N1. The summed E-state index contributed by atoms with van der Waals surface area (Å²) in [4.78, 5) is 27.0. The van der Waals surface area contributed by atoms with E-state index in [-0.39, 0.29) is 89.8 Å². The van der Waals surface area contributed by atoms with Gasteiger partial charge in [0.2, 0.25) is 0 Å². The molecule has 9 nitrogen and oxygen atoms in total. The van der Waals surface area contributed by atoms with E-state index in [0.717, 1.165) is 57.9 Å². The van der Waals surface area contributed by atoms with Crippen molar-refractivity contribution in [3.05, 3.63) is 128 Å². The quantitative estimate of drug-likeness (QED) is 0.176. The lowest BCUT2D eigenvalue weighted by molar-refractivity contribution is 0.508. The summed E-state index contributed by atoms with van der Waals surface area (Å²) >= 11 is 0. The number of aromatic nitrogens is 2. The van der Waals surface area contributed by atoms with Gasteiger partial charge in [0.1, 0.15) is 0 Å². The van der Waals surface area contributed by atoms with E-state index in [1.807, 2.05) is 13.8 Å². The van der Waals surface area contributed by atoms with E-state index in [4.69, 9.17) is 0 Å². The average Bonchev–Trinajstić information content (AvgIpc) is 3.77. The molecule has 6 heterocycles. The first-order valence-corrected chi connectivity index (χ1v) is 15.2. The van der Waals surface area contributed by atoms with Gasteiger partial charge in [0.05, 0.1) is 0 Å². The molecule has 1 N–H and O–H groups in total. The lowest BCUT2D eigenvalue weighted by atomic mass is 10.1.